The van der Waals surface area contributed by atoms with Crippen molar-refractivity contribution in [3.8, 4) is 0 Å². The van der Waals surface area contributed by atoms with Crippen molar-refractivity contribution < 1.29 is 19.4 Å². The third kappa shape index (κ3) is 4.71. The number of carboxylic acids is 1. The van der Waals surface area contributed by atoms with Gasteiger partial charge < -0.3 is 14.7 Å². The first-order valence-corrected chi connectivity index (χ1v) is 6.16. The van der Waals surface area contributed by atoms with E-state index in [0.717, 1.165) is 5.56 Å². The smallest absolute Gasteiger partial charge is 0.326 e. The van der Waals surface area contributed by atoms with Crippen LogP contribution in [-0.4, -0.2) is 41.6 Å². The normalized spacial score (nSPS) is 11.9. The Morgan fingerprint density at radius 3 is 2.47 bits per heavy atom. The Morgan fingerprint density at radius 2 is 1.95 bits per heavy atom. The zero-order valence-corrected chi connectivity index (χ0v) is 11.2. The zero-order chi connectivity index (χ0) is 14.3. The molecule has 1 aromatic carbocycles. The van der Waals surface area contributed by atoms with Crippen LogP contribution in [0.3, 0.4) is 0 Å². The van der Waals surface area contributed by atoms with E-state index < -0.39 is 12.0 Å². The number of carbonyl (C=O) groups is 2. The molecule has 104 valence electrons. The molecule has 1 atom stereocenters. The highest BCUT2D eigenvalue weighted by molar-refractivity contribution is 5.84. The molecule has 0 saturated carbocycles. The van der Waals surface area contributed by atoms with Crippen LogP contribution in [0, 0.1) is 0 Å². The topological polar surface area (TPSA) is 66.8 Å². The highest BCUT2D eigenvalue weighted by Gasteiger charge is 2.24. The summed E-state index contributed by atoms with van der Waals surface area (Å²) in [6.45, 7) is 1.95. The third-order valence-corrected chi connectivity index (χ3v) is 2.87. The lowest BCUT2D eigenvalue weighted by Gasteiger charge is -2.23. The summed E-state index contributed by atoms with van der Waals surface area (Å²) in [7, 11) is 1.48. The summed E-state index contributed by atoms with van der Waals surface area (Å²) < 4.78 is 5.29. The number of ether oxygens (including phenoxy) is 1. The monoisotopic (exact) mass is 265 g/mol. The molecule has 0 aromatic heterocycles. The molecule has 5 nitrogen and oxygen atoms in total. The highest BCUT2D eigenvalue weighted by Crippen LogP contribution is 2.04. The Hall–Kier alpha value is -1.88. The van der Waals surface area contributed by atoms with E-state index in [0.29, 0.717) is 13.0 Å². The molecule has 0 aliphatic heterocycles. The van der Waals surface area contributed by atoms with Crippen LogP contribution in [0.15, 0.2) is 30.3 Å². The molecule has 0 heterocycles. The van der Waals surface area contributed by atoms with Crippen LogP contribution in [0.1, 0.15) is 18.9 Å². The first-order chi connectivity index (χ1) is 9.06. The quantitative estimate of drug-likeness (QED) is 0.811. The van der Waals surface area contributed by atoms with Gasteiger partial charge >= 0.3 is 5.97 Å². The van der Waals surface area contributed by atoms with Gasteiger partial charge in [0.15, 0.2) is 0 Å². The fourth-order valence-electron chi connectivity index (χ4n) is 1.72. The van der Waals surface area contributed by atoms with Crippen LogP contribution in [-0.2, 0) is 20.9 Å². The predicted molar refractivity (Wildman–Crippen MR) is 70.6 cm³/mol. The minimum Gasteiger partial charge on any atom is -0.480 e. The van der Waals surface area contributed by atoms with Gasteiger partial charge in [-0.15, -0.1) is 0 Å². The average Bonchev–Trinajstić information content (AvgIpc) is 2.40. The van der Waals surface area contributed by atoms with Gasteiger partial charge in [0.2, 0.25) is 5.91 Å². The Labute approximate surface area is 112 Å². The second-order valence-corrected chi connectivity index (χ2v) is 4.25. The van der Waals surface area contributed by atoms with Crippen molar-refractivity contribution in [2.75, 3.05) is 13.7 Å². The van der Waals surface area contributed by atoms with Gasteiger partial charge in [0.1, 0.15) is 12.6 Å². The lowest BCUT2D eigenvalue weighted by molar-refractivity contribution is -0.151. The first kappa shape index (κ1) is 15.2. The van der Waals surface area contributed by atoms with Gasteiger partial charge in [-0.2, -0.15) is 0 Å². The van der Waals surface area contributed by atoms with Crippen molar-refractivity contribution in [2.24, 2.45) is 0 Å². The van der Waals surface area contributed by atoms with Crippen molar-refractivity contribution in [2.45, 2.75) is 26.0 Å². The number of aliphatic carboxylic acids is 1. The van der Waals surface area contributed by atoms with Crippen molar-refractivity contribution in [1.29, 1.82) is 0 Å². The molecule has 0 aliphatic rings. The van der Waals surface area contributed by atoms with E-state index >= 15 is 0 Å². The number of hydrogen-bond acceptors (Lipinski definition) is 3. The maximum absolute atomic E-state index is 11.8. The Kier molecular flexibility index (Phi) is 6.02. The second kappa shape index (κ2) is 7.53. The predicted octanol–water partition coefficient (Wildman–Crippen LogP) is 1.52. The Morgan fingerprint density at radius 1 is 1.32 bits per heavy atom. The van der Waals surface area contributed by atoms with Crippen molar-refractivity contribution in [1.82, 2.24) is 4.90 Å². The lowest BCUT2D eigenvalue weighted by Crippen LogP contribution is -2.43. The minimum atomic E-state index is -0.999. The van der Waals surface area contributed by atoms with E-state index in [9.17, 15) is 9.59 Å². The van der Waals surface area contributed by atoms with Crippen LogP contribution < -0.4 is 0 Å². The molecular formula is C14H19NO4. The summed E-state index contributed by atoms with van der Waals surface area (Å²) in [6, 6.07) is 8.70. The van der Waals surface area contributed by atoms with Crippen LogP contribution in [0.5, 0.6) is 0 Å². The van der Waals surface area contributed by atoms with Crippen LogP contribution in [0.25, 0.3) is 0 Å². The summed E-state index contributed by atoms with van der Waals surface area (Å²) in [6.07, 6.45) is 0.371. The molecule has 1 amide bonds. The molecule has 1 aromatic rings. The number of benzene rings is 1. The molecule has 1 unspecified atom stereocenters. The van der Waals surface area contributed by atoms with Crippen LogP contribution in [0.2, 0.25) is 0 Å². The highest BCUT2D eigenvalue weighted by atomic mass is 16.5. The molecule has 1 rings (SSSR count). The number of carbonyl (C=O) groups excluding carboxylic acids is 1. The molecule has 19 heavy (non-hydrogen) atoms. The molecule has 1 N–H and O–H groups in total. The molecule has 0 saturated heterocycles. The summed E-state index contributed by atoms with van der Waals surface area (Å²) in [5, 5.41) is 8.96. The maximum Gasteiger partial charge on any atom is 0.326 e. The van der Waals surface area contributed by atoms with Gasteiger partial charge in [-0.25, -0.2) is 4.79 Å². The summed E-state index contributed by atoms with van der Waals surface area (Å²) in [5.41, 5.74) is 0.975. The standard InChI is InChI=1S/C14H19NO4/c1-3-12(14(17)18)15(2)13(16)10-19-9-11-7-5-4-6-8-11/h4-8,12H,3,9-10H2,1-2H3,(H,17,18). The van der Waals surface area contributed by atoms with Gasteiger partial charge in [-0.3, -0.25) is 4.79 Å². The zero-order valence-electron chi connectivity index (χ0n) is 11.2. The maximum atomic E-state index is 11.8. The van der Waals surface area contributed by atoms with E-state index in [1.807, 2.05) is 30.3 Å². The number of carboxylic acid groups (broad SMARTS) is 1. The van der Waals surface area contributed by atoms with E-state index in [-0.39, 0.29) is 12.5 Å². The number of nitrogens with zero attached hydrogens (tertiary/aromatic N) is 1. The van der Waals surface area contributed by atoms with E-state index in [1.165, 1.54) is 11.9 Å². The first-order valence-electron chi connectivity index (χ1n) is 6.16. The fraction of sp³-hybridized carbons (Fsp3) is 0.429. The van der Waals surface area contributed by atoms with Crippen LogP contribution in [0.4, 0.5) is 0 Å². The molecule has 5 heteroatoms. The molecular weight excluding hydrogens is 246 g/mol. The summed E-state index contributed by atoms with van der Waals surface area (Å²) in [5.74, 6) is -1.33. The van der Waals surface area contributed by atoms with Crippen molar-refractivity contribution in [3.63, 3.8) is 0 Å². The summed E-state index contributed by atoms with van der Waals surface area (Å²) >= 11 is 0. The third-order valence-electron chi connectivity index (χ3n) is 2.87. The number of amides is 1. The molecule has 0 bridgehead atoms. The van der Waals surface area contributed by atoms with E-state index in [2.05, 4.69) is 0 Å². The Balaban J connectivity index is 2.40. The number of hydrogen-bond donors (Lipinski definition) is 1. The number of likely N-dealkylation sites (N-methyl/N-ethyl adjacent to an activating group) is 1. The van der Waals surface area contributed by atoms with Gasteiger partial charge in [0, 0.05) is 7.05 Å². The largest absolute Gasteiger partial charge is 0.480 e. The van der Waals surface area contributed by atoms with E-state index in [4.69, 9.17) is 9.84 Å². The van der Waals surface area contributed by atoms with Crippen molar-refractivity contribution in [3.05, 3.63) is 35.9 Å². The average molecular weight is 265 g/mol. The van der Waals surface area contributed by atoms with Gasteiger partial charge in [-0.05, 0) is 12.0 Å². The van der Waals surface area contributed by atoms with Gasteiger partial charge in [-0.1, -0.05) is 37.3 Å². The molecule has 0 radical (unpaired) electrons. The van der Waals surface area contributed by atoms with Gasteiger partial charge in [0.05, 0.1) is 6.61 Å². The Bertz CT molecular complexity index is 419. The van der Waals surface area contributed by atoms with Crippen molar-refractivity contribution >= 4 is 11.9 Å². The molecule has 0 fully saturated rings. The summed E-state index contributed by atoms with van der Waals surface area (Å²) in [4.78, 5) is 23.9. The molecule has 0 aliphatic carbocycles. The fourth-order valence-corrected chi connectivity index (χ4v) is 1.72. The second-order valence-electron chi connectivity index (χ2n) is 4.25. The SMILES string of the molecule is CCC(C(=O)O)N(C)C(=O)COCc1ccccc1. The molecule has 0 spiro atoms. The number of rotatable bonds is 7. The van der Waals surface area contributed by atoms with Gasteiger partial charge in [0.25, 0.3) is 0 Å². The van der Waals surface area contributed by atoms with Crippen LogP contribution >= 0.6 is 0 Å². The minimum absolute atomic E-state index is 0.116. The van der Waals surface area contributed by atoms with E-state index in [1.54, 1.807) is 6.92 Å². The lowest BCUT2D eigenvalue weighted by atomic mass is 10.2.